The molecule has 24 heavy (non-hydrogen) atoms. The lowest BCUT2D eigenvalue weighted by Gasteiger charge is -2.12. The number of nitrogens with one attached hydrogen (secondary N) is 1. The molecule has 0 aliphatic rings. The van der Waals surface area contributed by atoms with E-state index in [9.17, 15) is 9.59 Å². The van der Waals surface area contributed by atoms with Crippen molar-refractivity contribution in [3.05, 3.63) is 65.0 Å². The zero-order valence-electron chi connectivity index (χ0n) is 13.2. The fraction of sp³-hybridized carbons (Fsp3) is 0.167. The molecule has 0 spiro atoms. The number of fused-ring (bicyclic) bond motifs is 1. The average Bonchev–Trinajstić information content (AvgIpc) is 2.60. The topological polar surface area (TPSA) is 73.2 Å². The van der Waals surface area contributed by atoms with E-state index in [-0.39, 0.29) is 17.9 Å². The summed E-state index contributed by atoms with van der Waals surface area (Å²) >= 11 is 0. The molecule has 0 saturated carbocycles. The Labute approximate surface area is 138 Å². The highest BCUT2D eigenvalue weighted by Crippen LogP contribution is 2.23. The number of ether oxygens (including phenoxy) is 1. The monoisotopic (exact) mass is 323 g/mol. The minimum absolute atomic E-state index is 0.00124. The fourth-order valence-corrected chi connectivity index (χ4v) is 2.46. The number of carbonyl (C=O) groups excluding carboxylic acids is 1. The van der Waals surface area contributed by atoms with Gasteiger partial charge in [-0.05, 0) is 31.2 Å². The first-order chi connectivity index (χ1) is 11.7. The van der Waals surface area contributed by atoms with E-state index in [1.54, 1.807) is 30.3 Å². The number of nitrogens with zero attached hydrogens (tertiary/aromatic N) is 2. The van der Waals surface area contributed by atoms with E-state index < -0.39 is 0 Å². The molecule has 0 saturated heterocycles. The maximum absolute atomic E-state index is 12.4. The van der Waals surface area contributed by atoms with E-state index in [0.29, 0.717) is 28.9 Å². The van der Waals surface area contributed by atoms with Crippen LogP contribution < -0.4 is 15.5 Å². The molecular formula is C18H17N3O3. The van der Waals surface area contributed by atoms with Crippen LogP contribution in [0, 0.1) is 0 Å². The first-order valence-corrected chi connectivity index (χ1v) is 7.65. The Hall–Kier alpha value is -3.15. The summed E-state index contributed by atoms with van der Waals surface area (Å²) in [6, 6.07) is 14.3. The van der Waals surface area contributed by atoms with Crippen LogP contribution in [0.15, 0.2) is 59.5 Å². The number of hydrogen-bond acceptors (Lipinski definition) is 4. The van der Waals surface area contributed by atoms with Crippen LogP contribution in [0.2, 0.25) is 0 Å². The van der Waals surface area contributed by atoms with Gasteiger partial charge in [-0.25, -0.2) is 0 Å². The quantitative estimate of drug-likeness (QED) is 0.782. The molecule has 3 rings (SSSR count). The summed E-state index contributed by atoms with van der Waals surface area (Å²) in [4.78, 5) is 24.2. The van der Waals surface area contributed by atoms with Crippen LogP contribution >= 0.6 is 0 Å². The van der Waals surface area contributed by atoms with Crippen LogP contribution in [0.3, 0.4) is 0 Å². The molecular weight excluding hydrogens is 306 g/mol. The van der Waals surface area contributed by atoms with E-state index in [4.69, 9.17) is 4.74 Å². The normalized spacial score (nSPS) is 10.5. The number of aromatic nitrogens is 2. The van der Waals surface area contributed by atoms with Crippen molar-refractivity contribution in [2.24, 2.45) is 0 Å². The molecule has 0 radical (unpaired) electrons. The van der Waals surface area contributed by atoms with E-state index in [1.807, 2.05) is 25.1 Å². The highest BCUT2D eigenvalue weighted by atomic mass is 16.5. The predicted molar refractivity (Wildman–Crippen MR) is 92.2 cm³/mol. The zero-order valence-corrected chi connectivity index (χ0v) is 13.2. The molecule has 0 unspecified atom stereocenters. The molecule has 3 aromatic rings. The van der Waals surface area contributed by atoms with Crippen molar-refractivity contribution < 1.29 is 9.53 Å². The highest BCUT2D eigenvalue weighted by Gasteiger charge is 2.10. The number of para-hydroxylation sites is 3. The molecule has 6 nitrogen and oxygen atoms in total. The van der Waals surface area contributed by atoms with Crippen molar-refractivity contribution >= 4 is 22.5 Å². The number of carbonyl (C=O) groups is 1. The van der Waals surface area contributed by atoms with E-state index in [1.165, 1.54) is 10.9 Å². The minimum atomic E-state index is -0.247. The van der Waals surface area contributed by atoms with Crippen LogP contribution in [0.4, 0.5) is 5.69 Å². The maximum Gasteiger partial charge on any atom is 0.246 e. The standard InChI is InChI=1S/C18H17N3O3/c1-2-24-17-10-6-4-8-14(17)20-18(23)12-21-15-9-5-3-7-13(15)16(22)11-19-21/h3-11H,2,12H2,1H3,(H,20,23). The Balaban J connectivity index is 1.84. The van der Waals surface area contributed by atoms with Gasteiger partial charge in [0.05, 0.1) is 24.0 Å². The first-order valence-electron chi connectivity index (χ1n) is 7.65. The van der Waals surface area contributed by atoms with Crippen LogP contribution in [0.1, 0.15) is 6.92 Å². The largest absolute Gasteiger partial charge is 0.492 e. The third kappa shape index (κ3) is 3.27. The van der Waals surface area contributed by atoms with E-state index >= 15 is 0 Å². The van der Waals surface area contributed by atoms with Crippen molar-refractivity contribution in [2.45, 2.75) is 13.5 Å². The summed E-state index contributed by atoms with van der Waals surface area (Å²) in [7, 11) is 0. The number of benzene rings is 2. The lowest BCUT2D eigenvalue weighted by atomic mass is 10.2. The Morgan fingerprint density at radius 2 is 1.92 bits per heavy atom. The van der Waals surface area contributed by atoms with Crippen molar-refractivity contribution in [3.8, 4) is 5.75 Å². The molecule has 2 aromatic carbocycles. The number of rotatable bonds is 5. The summed E-state index contributed by atoms with van der Waals surface area (Å²) in [5.41, 5.74) is 1.07. The number of anilines is 1. The van der Waals surface area contributed by atoms with Crippen molar-refractivity contribution in [1.29, 1.82) is 0 Å². The summed E-state index contributed by atoms with van der Waals surface area (Å²) in [6.45, 7) is 2.40. The lowest BCUT2D eigenvalue weighted by molar-refractivity contribution is -0.116. The van der Waals surface area contributed by atoms with Gasteiger partial charge in [-0.1, -0.05) is 24.3 Å². The lowest BCUT2D eigenvalue weighted by Crippen LogP contribution is -2.22. The molecule has 0 aliphatic heterocycles. The Morgan fingerprint density at radius 3 is 2.75 bits per heavy atom. The SMILES string of the molecule is CCOc1ccccc1NC(=O)Cn1ncc(=O)c2ccccc21. The van der Waals surface area contributed by atoms with Gasteiger partial charge in [-0.15, -0.1) is 0 Å². The molecule has 6 heteroatoms. The van der Waals surface area contributed by atoms with Gasteiger partial charge in [-0.2, -0.15) is 5.10 Å². The zero-order chi connectivity index (χ0) is 16.9. The van der Waals surface area contributed by atoms with E-state index in [2.05, 4.69) is 10.4 Å². The summed E-state index contributed by atoms with van der Waals surface area (Å²) in [5.74, 6) is 0.370. The summed E-state index contributed by atoms with van der Waals surface area (Å²) in [6.07, 6.45) is 1.23. The highest BCUT2D eigenvalue weighted by molar-refractivity contribution is 5.93. The second-order valence-corrected chi connectivity index (χ2v) is 5.16. The van der Waals surface area contributed by atoms with Crippen LogP contribution in [0.25, 0.3) is 10.9 Å². The Morgan fingerprint density at radius 1 is 1.17 bits per heavy atom. The minimum Gasteiger partial charge on any atom is -0.492 e. The molecule has 0 atom stereocenters. The first kappa shape index (κ1) is 15.7. The van der Waals surface area contributed by atoms with Crippen LogP contribution in [0.5, 0.6) is 5.75 Å². The van der Waals surface area contributed by atoms with Gasteiger partial charge in [0.25, 0.3) is 0 Å². The van der Waals surface area contributed by atoms with Crippen LogP contribution in [-0.2, 0) is 11.3 Å². The Bertz CT molecular complexity index is 934. The van der Waals surface area contributed by atoms with Gasteiger partial charge in [0, 0.05) is 5.39 Å². The van der Waals surface area contributed by atoms with Gasteiger partial charge in [0.1, 0.15) is 12.3 Å². The van der Waals surface area contributed by atoms with Gasteiger partial charge >= 0.3 is 0 Å². The van der Waals surface area contributed by atoms with Crippen molar-refractivity contribution in [1.82, 2.24) is 9.78 Å². The van der Waals surface area contributed by atoms with Crippen molar-refractivity contribution in [3.63, 3.8) is 0 Å². The molecule has 122 valence electrons. The summed E-state index contributed by atoms with van der Waals surface area (Å²) < 4.78 is 7.00. The smallest absolute Gasteiger partial charge is 0.246 e. The van der Waals surface area contributed by atoms with Crippen LogP contribution in [-0.4, -0.2) is 22.3 Å². The summed E-state index contributed by atoms with van der Waals surface area (Å²) in [5, 5.41) is 7.42. The second-order valence-electron chi connectivity index (χ2n) is 5.16. The second kappa shape index (κ2) is 6.95. The molecule has 0 bridgehead atoms. The average molecular weight is 323 g/mol. The third-order valence-electron chi connectivity index (χ3n) is 3.52. The van der Waals surface area contributed by atoms with Gasteiger partial charge < -0.3 is 10.1 Å². The molecule has 0 aliphatic carbocycles. The molecule has 1 aromatic heterocycles. The predicted octanol–water partition coefficient (Wildman–Crippen LogP) is 2.43. The molecule has 0 fully saturated rings. The third-order valence-corrected chi connectivity index (χ3v) is 3.52. The Kier molecular flexibility index (Phi) is 4.56. The van der Waals surface area contributed by atoms with E-state index in [0.717, 1.165) is 0 Å². The fourth-order valence-electron chi connectivity index (χ4n) is 2.46. The number of hydrogen-bond donors (Lipinski definition) is 1. The van der Waals surface area contributed by atoms with Gasteiger partial charge in [-0.3, -0.25) is 14.3 Å². The molecule has 1 amide bonds. The molecule has 1 N–H and O–H groups in total. The number of amides is 1. The maximum atomic E-state index is 12.4. The van der Waals surface area contributed by atoms with Crippen molar-refractivity contribution in [2.75, 3.05) is 11.9 Å². The van der Waals surface area contributed by atoms with Gasteiger partial charge in [0.2, 0.25) is 11.3 Å². The molecule has 1 heterocycles. The van der Waals surface area contributed by atoms with Gasteiger partial charge in [0.15, 0.2) is 0 Å².